The van der Waals surface area contributed by atoms with E-state index in [1.165, 1.54) is 139 Å². The molecule has 0 aliphatic heterocycles. The molecule has 0 spiro atoms. The number of benzene rings is 12. The van der Waals surface area contributed by atoms with Crippen LogP contribution in [0.2, 0.25) is 0 Å². The van der Waals surface area contributed by atoms with Crippen molar-refractivity contribution in [2.75, 3.05) is 45.3 Å². The Hall–Kier alpha value is -5.62. The Morgan fingerprint density at radius 2 is 0.395 bits per heavy atom. The zero-order valence-electron chi connectivity index (χ0n) is 64.3. The third-order valence-corrected chi connectivity index (χ3v) is 29.0. The average Bonchev–Trinajstić information content (AvgIpc) is 1.69. The molecular weight excluding hydrogens is 2720 g/mol. The standard InChI is InChI=1S/6C15H9.C5H14O2P2.2CH2F4P2.6Au/c4*1-2-11-7-8-15-13(9-11)10-12-5-3-4-6-14(12)15;2*1-2-11-7-8-13-10-12-5-3-4-6-14(12)15(13)9-11;1-6-8(3)5-9(4)7-2;2*2-6(3)1-7(4)5;;;;;;/h6*3-9H,10H2;5H2,1-4H3;2*1H2;;;;;;/q6*-1;;;;6*+1/p+6. The summed E-state index contributed by atoms with van der Waals surface area (Å²) in [6, 6.07) is 87.5. The second-order valence-electron chi connectivity index (χ2n) is 26.7. The fraction of sp³-hybridized carbons (Fsp3) is 0.134. The van der Waals surface area contributed by atoms with Crippen LogP contribution in [0.1, 0.15) is 100 Å². The van der Waals surface area contributed by atoms with Crippen molar-refractivity contribution >= 4 is 50.5 Å². The van der Waals surface area contributed by atoms with Gasteiger partial charge in [-0.1, -0.05) is 204 Å². The Morgan fingerprint density at radius 3 is 0.588 bits per heavy atom. The monoisotopic (exact) mass is 2790 g/mol. The van der Waals surface area contributed by atoms with E-state index in [-0.39, 0.29) is 134 Å². The van der Waals surface area contributed by atoms with Gasteiger partial charge in [-0.05, 0) is 183 Å². The predicted molar refractivity (Wildman–Crippen MR) is 465 cm³/mol. The van der Waals surface area contributed by atoms with Gasteiger partial charge in [0.15, 0.2) is 16.3 Å². The summed E-state index contributed by atoms with van der Waals surface area (Å²) in [4.78, 5) is 0. The normalized spacial score (nSPS) is 11.4. The van der Waals surface area contributed by atoms with E-state index in [9.17, 15) is 33.6 Å². The first kappa shape index (κ1) is 106. The number of hydrogen-bond acceptors (Lipinski definition) is 2. The third-order valence-electron chi connectivity index (χ3n) is 19.4. The molecular formula is C97H78Au6F8O2P6+6. The van der Waals surface area contributed by atoms with Gasteiger partial charge in [0.05, 0.1) is 27.5 Å². The minimum atomic E-state index is -3.64. The van der Waals surface area contributed by atoms with E-state index >= 15 is 0 Å². The second-order valence-corrected chi connectivity index (χ2v) is 37.3. The number of fused-ring (bicyclic) bond motifs is 18. The maximum Gasteiger partial charge on any atom is 1.00 e. The van der Waals surface area contributed by atoms with Crippen molar-refractivity contribution in [1.82, 2.24) is 0 Å². The summed E-state index contributed by atoms with van der Waals surface area (Å²) in [5.74, 6) is 13.6. The first-order valence-electron chi connectivity index (χ1n) is 36.0. The second kappa shape index (κ2) is 53.5. The molecule has 0 bridgehead atoms. The fourth-order valence-corrected chi connectivity index (χ4v) is 19.6. The summed E-state index contributed by atoms with van der Waals surface area (Å²) < 4.78 is 97.8. The molecule has 0 fully saturated rings. The molecule has 6 aliphatic rings. The van der Waals surface area contributed by atoms with E-state index in [0.29, 0.717) is 0 Å². The van der Waals surface area contributed by atoms with Gasteiger partial charge < -0.3 is 38.5 Å². The van der Waals surface area contributed by atoms with Crippen LogP contribution in [0.5, 0.6) is 0 Å². The maximum absolute atomic E-state index is 10.9. The summed E-state index contributed by atoms with van der Waals surface area (Å²) >= 11 is 0. The van der Waals surface area contributed by atoms with Gasteiger partial charge in [-0.15, -0.1) is 106 Å². The molecule has 2 nitrogen and oxygen atoms in total. The van der Waals surface area contributed by atoms with Crippen LogP contribution in [0.25, 0.3) is 66.8 Å². The molecule has 2 unspecified atom stereocenters. The number of hydrogen-bond donors (Lipinski definition) is 0. The van der Waals surface area contributed by atoms with Crippen molar-refractivity contribution in [2.24, 2.45) is 0 Å². The third kappa shape index (κ3) is 29.8. The van der Waals surface area contributed by atoms with Crippen LogP contribution in [-0.4, -0.2) is 45.3 Å². The predicted octanol–water partition coefficient (Wildman–Crippen LogP) is 26.7. The van der Waals surface area contributed by atoms with Crippen LogP contribution in [0.4, 0.5) is 33.6 Å². The van der Waals surface area contributed by atoms with Crippen molar-refractivity contribution < 1.29 is 177 Å². The molecule has 624 valence electrons. The molecule has 0 amide bonds. The molecule has 0 radical (unpaired) electrons. The summed E-state index contributed by atoms with van der Waals surface area (Å²) in [5.41, 5.74) is 37.2. The molecule has 119 heavy (non-hydrogen) atoms. The van der Waals surface area contributed by atoms with E-state index in [4.69, 9.17) is 47.6 Å². The molecule has 2 atom stereocenters. The molecule has 0 aromatic heterocycles. The van der Waals surface area contributed by atoms with Crippen molar-refractivity contribution in [1.29, 1.82) is 0 Å². The molecule has 22 heteroatoms. The van der Waals surface area contributed by atoms with Gasteiger partial charge in [0.1, 0.15) is 0 Å². The van der Waals surface area contributed by atoms with E-state index in [1.54, 1.807) is 14.2 Å². The van der Waals surface area contributed by atoms with Crippen molar-refractivity contribution in [3.63, 3.8) is 0 Å². The molecule has 12 aromatic rings. The van der Waals surface area contributed by atoms with Crippen molar-refractivity contribution in [3.05, 3.63) is 393 Å². The van der Waals surface area contributed by atoms with Crippen LogP contribution < -0.4 is 0 Å². The number of halogens is 8. The minimum absolute atomic E-state index is 0. The van der Waals surface area contributed by atoms with E-state index < -0.39 is 62.3 Å². The van der Waals surface area contributed by atoms with Crippen LogP contribution in [0, 0.1) is 74.1 Å². The molecule has 6 aliphatic carbocycles. The maximum atomic E-state index is 10.9. The van der Waals surface area contributed by atoms with Crippen LogP contribution >= 0.6 is 50.5 Å². The van der Waals surface area contributed by atoms with Gasteiger partial charge in [-0.3, -0.25) is 35.5 Å². The first-order chi connectivity index (χ1) is 54.7. The van der Waals surface area contributed by atoms with Gasteiger partial charge in [0.2, 0.25) is 5.90 Å². The van der Waals surface area contributed by atoms with E-state index in [0.717, 1.165) is 71.9 Å². The van der Waals surface area contributed by atoms with Crippen LogP contribution in [0.3, 0.4) is 0 Å². The summed E-state index contributed by atoms with van der Waals surface area (Å²) in [6.07, 6.45) is 48.7. The van der Waals surface area contributed by atoms with Crippen molar-refractivity contribution in [2.45, 2.75) is 38.5 Å². The van der Waals surface area contributed by atoms with Gasteiger partial charge >= 0.3 is 168 Å². The summed E-state index contributed by atoms with van der Waals surface area (Å²) in [7, 11) is -12.0. The topological polar surface area (TPSA) is 18.5 Å². The van der Waals surface area contributed by atoms with Gasteiger partial charge in [-0.2, -0.15) is 0 Å². The molecule has 12 aromatic carbocycles. The molecule has 0 heterocycles. The van der Waals surface area contributed by atoms with Crippen LogP contribution in [-0.2, 0) is 182 Å². The molecule has 0 N–H and O–H groups in total. The van der Waals surface area contributed by atoms with Gasteiger partial charge in [0.25, 0.3) is 11.8 Å². The number of rotatable bonds is 8. The smallest absolute Gasteiger partial charge is 0.366 e. The molecule has 18 rings (SSSR count). The quantitative estimate of drug-likeness (QED) is 0.0496. The Bertz CT molecular complexity index is 5080. The van der Waals surface area contributed by atoms with Crippen molar-refractivity contribution in [3.8, 4) is 102 Å². The Kier molecular flexibility index (Phi) is 47.6. The van der Waals surface area contributed by atoms with E-state index in [2.05, 4.69) is 255 Å². The zero-order valence-corrected chi connectivity index (χ0v) is 83.3. The zero-order chi connectivity index (χ0) is 80.5. The fourth-order valence-electron chi connectivity index (χ4n) is 14.0. The summed E-state index contributed by atoms with van der Waals surface area (Å²) in [6.45, 7) is 4.33. The Morgan fingerprint density at radius 1 is 0.227 bits per heavy atom. The SMILES string of the molecule is CO[PH+](C)C[PH+](C)OC.F[PH+](F)C[PH+](F)F.F[PH+](F)C[PH+](F)F.[Au+].[Au+].[Au+].[Au+].[Au+].[Au+].[C-]#Cc1ccc2c(c1)-c1ccccc1C2.[C-]#Cc1ccc2c(c1)-c1ccccc1C2.[C-]#Cc1ccc2c(c1)Cc1ccccc1-2.[C-]#Cc1ccc2c(c1)Cc1ccccc1-2.[C-]#Cc1ccc2c(c1)Cc1ccccc1-2.[C-]#Cc1ccc2c(c1)Cc1ccccc1-2. The van der Waals surface area contributed by atoms with Gasteiger partial charge in [-0.25, -0.2) is 9.05 Å². The minimum Gasteiger partial charge on any atom is -0.366 e. The van der Waals surface area contributed by atoms with Gasteiger partial charge in [0, 0.05) is 0 Å². The van der Waals surface area contributed by atoms with Crippen LogP contribution in [0.15, 0.2) is 255 Å². The Labute approximate surface area is 798 Å². The van der Waals surface area contributed by atoms with E-state index in [1.807, 2.05) is 48.5 Å². The summed E-state index contributed by atoms with van der Waals surface area (Å²) in [5, 5.41) is 0. The first-order valence-corrected chi connectivity index (χ1v) is 46.1. The largest absolute Gasteiger partial charge is 1.00 e. The molecule has 0 saturated carbocycles. The average molecular weight is 2800 g/mol. The Balaban J connectivity index is 0.000000283. The molecule has 0 saturated heterocycles.